The summed E-state index contributed by atoms with van der Waals surface area (Å²) in [4.78, 5) is 14.1. The van der Waals surface area contributed by atoms with Crippen LogP contribution in [0.3, 0.4) is 0 Å². The predicted octanol–water partition coefficient (Wildman–Crippen LogP) is 2.36. The molecule has 0 aromatic carbocycles. The quantitative estimate of drug-likeness (QED) is 0.674. The van der Waals surface area contributed by atoms with Crippen LogP contribution < -0.4 is 0 Å². The molecular weight excluding hydrogens is 242 g/mol. The maximum atomic E-state index is 11.4. The lowest BCUT2D eigenvalue weighted by molar-refractivity contribution is -0.120. The van der Waals surface area contributed by atoms with E-state index in [-0.39, 0.29) is 4.83 Å². The SMILES string of the molecule is O=C1CCC(N2CCCCC2)CC1Br. The smallest absolute Gasteiger partial charge is 0.146 e. The van der Waals surface area contributed by atoms with Gasteiger partial charge in [0.2, 0.25) is 0 Å². The van der Waals surface area contributed by atoms with Crippen molar-refractivity contribution in [3.63, 3.8) is 0 Å². The number of hydrogen-bond donors (Lipinski definition) is 0. The average Bonchev–Trinajstić information content (AvgIpc) is 2.23. The van der Waals surface area contributed by atoms with E-state index in [1.54, 1.807) is 0 Å². The predicted molar refractivity (Wildman–Crippen MR) is 60.8 cm³/mol. The highest BCUT2D eigenvalue weighted by molar-refractivity contribution is 9.10. The lowest BCUT2D eigenvalue weighted by Gasteiger charge is -2.37. The number of alkyl halides is 1. The molecule has 2 aliphatic rings. The van der Waals surface area contributed by atoms with Crippen LogP contribution in [-0.4, -0.2) is 34.6 Å². The lowest BCUT2D eigenvalue weighted by Crippen LogP contribution is -2.44. The van der Waals surface area contributed by atoms with Crippen molar-refractivity contribution in [3.8, 4) is 0 Å². The maximum absolute atomic E-state index is 11.4. The van der Waals surface area contributed by atoms with E-state index < -0.39 is 0 Å². The number of rotatable bonds is 1. The Bertz CT molecular complexity index is 213. The van der Waals surface area contributed by atoms with E-state index in [2.05, 4.69) is 20.8 Å². The van der Waals surface area contributed by atoms with Gasteiger partial charge in [-0.15, -0.1) is 0 Å². The van der Waals surface area contributed by atoms with Gasteiger partial charge in [0.05, 0.1) is 4.83 Å². The topological polar surface area (TPSA) is 20.3 Å². The molecule has 0 spiro atoms. The molecule has 0 bridgehead atoms. The molecule has 1 saturated heterocycles. The average molecular weight is 260 g/mol. The highest BCUT2D eigenvalue weighted by Gasteiger charge is 2.30. The van der Waals surface area contributed by atoms with Gasteiger partial charge in [0.25, 0.3) is 0 Å². The van der Waals surface area contributed by atoms with Crippen molar-refractivity contribution in [2.24, 2.45) is 0 Å². The van der Waals surface area contributed by atoms with Crippen molar-refractivity contribution in [3.05, 3.63) is 0 Å². The van der Waals surface area contributed by atoms with E-state index in [4.69, 9.17) is 0 Å². The third kappa shape index (κ3) is 2.37. The lowest BCUT2D eigenvalue weighted by atomic mass is 9.92. The number of halogens is 1. The first-order chi connectivity index (χ1) is 6.77. The summed E-state index contributed by atoms with van der Waals surface area (Å²) in [5.41, 5.74) is 0. The molecule has 2 atom stereocenters. The van der Waals surface area contributed by atoms with Crippen molar-refractivity contribution in [1.82, 2.24) is 4.90 Å². The zero-order valence-corrected chi connectivity index (χ0v) is 10.1. The van der Waals surface area contributed by atoms with Gasteiger partial charge in [0.1, 0.15) is 5.78 Å². The third-order valence-corrected chi connectivity index (χ3v) is 4.34. The summed E-state index contributed by atoms with van der Waals surface area (Å²) in [7, 11) is 0. The molecule has 1 aliphatic heterocycles. The van der Waals surface area contributed by atoms with Crippen molar-refractivity contribution in [1.29, 1.82) is 0 Å². The molecular formula is C11H18BrNO. The zero-order chi connectivity index (χ0) is 9.97. The molecule has 80 valence electrons. The monoisotopic (exact) mass is 259 g/mol. The second-order valence-corrected chi connectivity index (χ2v) is 5.56. The van der Waals surface area contributed by atoms with Gasteiger partial charge < -0.3 is 4.90 Å². The number of ketones is 1. The molecule has 1 heterocycles. The third-order valence-electron chi connectivity index (χ3n) is 3.46. The second kappa shape index (κ2) is 4.75. The number of carbonyl (C=O) groups is 1. The Kier molecular flexibility index (Phi) is 3.61. The zero-order valence-electron chi connectivity index (χ0n) is 8.54. The van der Waals surface area contributed by atoms with Crippen LogP contribution in [0.2, 0.25) is 0 Å². The Morgan fingerprint density at radius 3 is 2.57 bits per heavy atom. The summed E-state index contributed by atoms with van der Waals surface area (Å²) in [6.45, 7) is 2.50. The molecule has 1 aliphatic carbocycles. The van der Waals surface area contributed by atoms with Gasteiger partial charge in [-0.1, -0.05) is 22.4 Å². The molecule has 0 radical (unpaired) electrons. The van der Waals surface area contributed by atoms with Crippen LogP contribution >= 0.6 is 15.9 Å². The highest BCUT2D eigenvalue weighted by Crippen LogP contribution is 2.27. The summed E-state index contributed by atoms with van der Waals surface area (Å²) < 4.78 is 0. The number of piperidine rings is 1. The van der Waals surface area contributed by atoms with Gasteiger partial charge in [0, 0.05) is 12.5 Å². The molecule has 1 saturated carbocycles. The largest absolute Gasteiger partial charge is 0.300 e. The minimum Gasteiger partial charge on any atom is -0.300 e. The number of likely N-dealkylation sites (tertiary alicyclic amines) is 1. The van der Waals surface area contributed by atoms with E-state index in [0.29, 0.717) is 11.8 Å². The second-order valence-electron chi connectivity index (χ2n) is 4.46. The Morgan fingerprint density at radius 1 is 1.21 bits per heavy atom. The van der Waals surface area contributed by atoms with Crippen LogP contribution in [0.25, 0.3) is 0 Å². The van der Waals surface area contributed by atoms with Crippen molar-refractivity contribution in [2.45, 2.75) is 49.4 Å². The molecule has 0 amide bonds. The Balaban J connectivity index is 1.88. The van der Waals surface area contributed by atoms with Gasteiger partial charge in [-0.05, 0) is 38.8 Å². The standard InChI is InChI=1S/C11H18BrNO/c12-10-8-9(4-5-11(10)14)13-6-2-1-3-7-13/h9-10H,1-8H2. The van der Waals surface area contributed by atoms with Crippen LogP contribution in [-0.2, 0) is 4.79 Å². The van der Waals surface area contributed by atoms with Crippen LogP contribution in [0.5, 0.6) is 0 Å². The number of Topliss-reactive ketones (excluding diaryl/α,β-unsaturated/α-hetero) is 1. The molecule has 0 aromatic heterocycles. The number of hydrogen-bond acceptors (Lipinski definition) is 2. The summed E-state index contributed by atoms with van der Waals surface area (Å²) in [5, 5.41) is 0. The Morgan fingerprint density at radius 2 is 1.93 bits per heavy atom. The molecule has 2 unspecified atom stereocenters. The summed E-state index contributed by atoms with van der Waals surface area (Å²) in [6, 6.07) is 0.664. The van der Waals surface area contributed by atoms with Gasteiger partial charge in [-0.2, -0.15) is 0 Å². The van der Waals surface area contributed by atoms with E-state index in [1.807, 2.05) is 0 Å². The van der Waals surface area contributed by atoms with Crippen LogP contribution in [0.4, 0.5) is 0 Å². The van der Waals surface area contributed by atoms with Gasteiger partial charge in [0.15, 0.2) is 0 Å². The Hall–Kier alpha value is 0.110. The summed E-state index contributed by atoms with van der Waals surface area (Å²) >= 11 is 3.48. The van der Waals surface area contributed by atoms with Crippen molar-refractivity contribution in [2.75, 3.05) is 13.1 Å². The van der Waals surface area contributed by atoms with Crippen LogP contribution in [0, 0.1) is 0 Å². The van der Waals surface area contributed by atoms with Crippen LogP contribution in [0.1, 0.15) is 38.5 Å². The minimum absolute atomic E-state index is 0.128. The molecule has 2 rings (SSSR count). The van der Waals surface area contributed by atoms with E-state index in [0.717, 1.165) is 19.3 Å². The first-order valence-corrected chi connectivity index (χ1v) is 6.60. The van der Waals surface area contributed by atoms with Gasteiger partial charge >= 0.3 is 0 Å². The van der Waals surface area contributed by atoms with E-state index in [9.17, 15) is 4.79 Å². The molecule has 14 heavy (non-hydrogen) atoms. The number of carbonyl (C=O) groups excluding carboxylic acids is 1. The Labute approximate surface area is 94.2 Å². The molecule has 0 N–H and O–H groups in total. The molecule has 3 heteroatoms. The fourth-order valence-electron chi connectivity index (χ4n) is 2.57. The molecule has 0 aromatic rings. The maximum Gasteiger partial charge on any atom is 0.146 e. The highest BCUT2D eigenvalue weighted by atomic mass is 79.9. The van der Waals surface area contributed by atoms with Gasteiger partial charge in [-0.3, -0.25) is 4.79 Å². The van der Waals surface area contributed by atoms with E-state index in [1.165, 1.54) is 32.4 Å². The molecule has 2 nitrogen and oxygen atoms in total. The molecule has 2 fully saturated rings. The summed E-state index contributed by atoms with van der Waals surface area (Å²) in [6.07, 6.45) is 6.96. The summed E-state index contributed by atoms with van der Waals surface area (Å²) in [5.74, 6) is 0.401. The minimum atomic E-state index is 0.128. The first kappa shape index (κ1) is 10.6. The first-order valence-electron chi connectivity index (χ1n) is 5.68. The fraction of sp³-hybridized carbons (Fsp3) is 0.909. The van der Waals surface area contributed by atoms with Gasteiger partial charge in [-0.25, -0.2) is 0 Å². The van der Waals surface area contributed by atoms with Crippen molar-refractivity contribution >= 4 is 21.7 Å². The van der Waals surface area contributed by atoms with Crippen molar-refractivity contribution < 1.29 is 4.79 Å². The number of nitrogens with zero attached hydrogens (tertiary/aromatic N) is 1. The van der Waals surface area contributed by atoms with E-state index >= 15 is 0 Å². The normalized spacial score (nSPS) is 35.9. The fourth-order valence-corrected chi connectivity index (χ4v) is 3.23. The van der Waals surface area contributed by atoms with Crippen LogP contribution in [0.15, 0.2) is 0 Å².